The van der Waals surface area contributed by atoms with E-state index in [-0.39, 0.29) is 37.3 Å². The lowest BCUT2D eigenvalue weighted by molar-refractivity contribution is -0.131. The Morgan fingerprint density at radius 2 is 1.68 bits per heavy atom. The van der Waals surface area contributed by atoms with Gasteiger partial charge in [0.2, 0.25) is 5.91 Å². The lowest BCUT2D eigenvalue weighted by Gasteiger charge is -2.34. The van der Waals surface area contributed by atoms with Crippen LogP contribution in [0.2, 0.25) is 0 Å². The van der Waals surface area contributed by atoms with E-state index in [0.717, 1.165) is 37.2 Å². The largest absolute Gasteiger partial charge is 0.339 e. The van der Waals surface area contributed by atoms with Crippen molar-refractivity contribution in [1.29, 1.82) is 0 Å². The van der Waals surface area contributed by atoms with Gasteiger partial charge in [-0.2, -0.15) is 0 Å². The van der Waals surface area contributed by atoms with Gasteiger partial charge in [0.1, 0.15) is 0 Å². The fourth-order valence-electron chi connectivity index (χ4n) is 2.74. The molecule has 1 saturated heterocycles. The second-order valence-electron chi connectivity index (χ2n) is 5.63. The van der Waals surface area contributed by atoms with E-state index in [0.29, 0.717) is 0 Å². The summed E-state index contributed by atoms with van der Waals surface area (Å²) in [5.41, 5.74) is 6.67. The predicted octanol–water partition coefficient (Wildman–Crippen LogP) is 3.62. The quantitative estimate of drug-likeness (QED) is 0.748. The minimum atomic E-state index is 0. The summed E-state index contributed by atoms with van der Waals surface area (Å²) in [5.74, 6) is 0.0540. The number of carbonyl (C=O) groups excluding carboxylic acids is 1. The Kier molecular flexibility index (Phi) is 9.41. The highest BCUT2D eigenvalue weighted by molar-refractivity contribution is 9.10. The molecule has 0 bridgehead atoms. The van der Waals surface area contributed by atoms with Crippen molar-refractivity contribution in [3.8, 4) is 10.4 Å². The normalized spacial score (nSPS) is 14.6. The van der Waals surface area contributed by atoms with E-state index in [9.17, 15) is 4.79 Å². The van der Waals surface area contributed by atoms with Crippen molar-refractivity contribution in [1.82, 2.24) is 9.80 Å². The van der Waals surface area contributed by atoms with Crippen molar-refractivity contribution in [3.63, 3.8) is 0 Å². The number of nitrogens with zero attached hydrogens (tertiary/aromatic N) is 2. The van der Waals surface area contributed by atoms with Crippen LogP contribution in [0.5, 0.6) is 0 Å². The molecule has 0 unspecified atom stereocenters. The Balaban J connectivity index is 0.00000156. The maximum Gasteiger partial charge on any atom is 0.236 e. The molecular formula is C17H22BrCl2N3OS. The summed E-state index contributed by atoms with van der Waals surface area (Å²) in [7, 11) is 0. The van der Waals surface area contributed by atoms with Crippen molar-refractivity contribution in [2.75, 3.05) is 32.7 Å². The molecule has 1 amide bonds. The molecule has 1 aromatic carbocycles. The van der Waals surface area contributed by atoms with Crippen LogP contribution in [0.25, 0.3) is 10.4 Å². The molecule has 2 heterocycles. The molecule has 2 N–H and O–H groups in total. The third-order valence-electron chi connectivity index (χ3n) is 4.07. The highest BCUT2D eigenvalue weighted by Crippen LogP contribution is 2.29. The van der Waals surface area contributed by atoms with Crippen molar-refractivity contribution in [2.24, 2.45) is 5.73 Å². The van der Waals surface area contributed by atoms with Gasteiger partial charge in [-0.05, 0) is 29.8 Å². The Hall–Kier alpha value is -0.630. The first-order valence-corrected chi connectivity index (χ1v) is 9.31. The van der Waals surface area contributed by atoms with Crippen molar-refractivity contribution >= 4 is 58.0 Å². The molecule has 25 heavy (non-hydrogen) atoms. The molecule has 3 rings (SSSR count). The van der Waals surface area contributed by atoms with Gasteiger partial charge in [-0.25, -0.2) is 0 Å². The summed E-state index contributed by atoms with van der Waals surface area (Å²) < 4.78 is 1.10. The number of amides is 1. The molecule has 1 aliphatic rings. The summed E-state index contributed by atoms with van der Waals surface area (Å²) in [6.45, 7) is 4.45. The molecular weight excluding hydrogens is 445 g/mol. The van der Waals surface area contributed by atoms with Gasteiger partial charge < -0.3 is 10.6 Å². The molecule has 8 heteroatoms. The highest BCUT2D eigenvalue weighted by Gasteiger charge is 2.20. The second kappa shape index (κ2) is 10.5. The number of thiophene rings is 1. The van der Waals surface area contributed by atoms with Crippen LogP contribution >= 0.6 is 52.1 Å². The first-order valence-electron chi connectivity index (χ1n) is 7.70. The zero-order valence-corrected chi connectivity index (χ0v) is 17.7. The van der Waals surface area contributed by atoms with Crippen LogP contribution in [0, 0.1) is 0 Å². The highest BCUT2D eigenvalue weighted by atomic mass is 79.9. The summed E-state index contributed by atoms with van der Waals surface area (Å²) in [6.07, 6.45) is 0. The molecule has 2 aromatic rings. The molecule has 1 aromatic heterocycles. The molecule has 1 aliphatic heterocycles. The number of hydrogen-bond donors (Lipinski definition) is 1. The SMILES string of the molecule is Cl.Cl.NCC(=O)N1CCN(Cc2ccc(-c3ccc(Br)cc3)s2)CC1. The van der Waals surface area contributed by atoms with E-state index in [1.807, 2.05) is 16.2 Å². The zero-order chi connectivity index (χ0) is 16.2. The molecule has 1 fully saturated rings. The van der Waals surface area contributed by atoms with E-state index in [1.54, 1.807) is 0 Å². The van der Waals surface area contributed by atoms with Crippen LogP contribution in [-0.2, 0) is 11.3 Å². The van der Waals surface area contributed by atoms with Crippen LogP contribution in [0.4, 0.5) is 0 Å². The van der Waals surface area contributed by atoms with E-state index in [4.69, 9.17) is 5.73 Å². The summed E-state index contributed by atoms with van der Waals surface area (Å²) >= 11 is 5.31. The van der Waals surface area contributed by atoms with Crippen LogP contribution in [0.15, 0.2) is 40.9 Å². The molecule has 4 nitrogen and oxygen atoms in total. The number of piperazine rings is 1. The minimum Gasteiger partial charge on any atom is -0.339 e. The number of hydrogen-bond acceptors (Lipinski definition) is 4. The van der Waals surface area contributed by atoms with Gasteiger partial charge in [0.25, 0.3) is 0 Å². The molecule has 0 aliphatic carbocycles. The molecule has 138 valence electrons. The lowest BCUT2D eigenvalue weighted by atomic mass is 10.2. The van der Waals surface area contributed by atoms with Crippen LogP contribution in [-0.4, -0.2) is 48.4 Å². The molecule has 0 spiro atoms. The smallest absolute Gasteiger partial charge is 0.236 e. The minimum absolute atomic E-state index is 0. The first-order chi connectivity index (χ1) is 11.2. The number of nitrogens with two attached hydrogens (primary N) is 1. The Morgan fingerprint density at radius 3 is 2.28 bits per heavy atom. The van der Waals surface area contributed by atoms with Crippen LogP contribution in [0.1, 0.15) is 4.88 Å². The number of benzene rings is 1. The summed E-state index contributed by atoms with van der Waals surface area (Å²) in [4.78, 5) is 18.5. The second-order valence-corrected chi connectivity index (χ2v) is 7.72. The van der Waals surface area contributed by atoms with Crippen LogP contribution < -0.4 is 5.73 Å². The third-order valence-corrected chi connectivity index (χ3v) is 5.72. The average molecular weight is 467 g/mol. The topological polar surface area (TPSA) is 49.6 Å². The van der Waals surface area contributed by atoms with Crippen molar-refractivity contribution < 1.29 is 4.79 Å². The number of carbonyl (C=O) groups is 1. The molecule has 0 atom stereocenters. The van der Waals surface area contributed by atoms with E-state index in [1.165, 1.54) is 15.3 Å². The van der Waals surface area contributed by atoms with Gasteiger partial charge in [0.15, 0.2) is 0 Å². The van der Waals surface area contributed by atoms with Gasteiger partial charge in [0, 0.05) is 47.0 Å². The maximum absolute atomic E-state index is 11.6. The summed E-state index contributed by atoms with van der Waals surface area (Å²) in [5, 5.41) is 0. The zero-order valence-electron chi connectivity index (χ0n) is 13.7. The summed E-state index contributed by atoms with van der Waals surface area (Å²) in [6, 6.07) is 12.8. The predicted molar refractivity (Wildman–Crippen MR) is 113 cm³/mol. The third kappa shape index (κ3) is 5.94. The van der Waals surface area contributed by atoms with E-state index >= 15 is 0 Å². The van der Waals surface area contributed by atoms with Gasteiger partial charge in [-0.1, -0.05) is 28.1 Å². The van der Waals surface area contributed by atoms with Gasteiger partial charge in [-0.15, -0.1) is 36.2 Å². The molecule has 0 radical (unpaired) electrons. The molecule has 0 saturated carbocycles. The first kappa shape index (κ1) is 22.4. The van der Waals surface area contributed by atoms with Crippen LogP contribution in [0.3, 0.4) is 0 Å². The monoisotopic (exact) mass is 465 g/mol. The van der Waals surface area contributed by atoms with E-state index < -0.39 is 0 Å². The average Bonchev–Trinajstić information content (AvgIpc) is 3.04. The number of rotatable bonds is 4. The Morgan fingerprint density at radius 1 is 1.04 bits per heavy atom. The fourth-order valence-corrected chi connectivity index (χ4v) is 4.06. The van der Waals surface area contributed by atoms with Gasteiger partial charge in [0.05, 0.1) is 6.54 Å². The van der Waals surface area contributed by atoms with E-state index in [2.05, 4.69) is 57.2 Å². The van der Waals surface area contributed by atoms with Crippen molar-refractivity contribution in [2.45, 2.75) is 6.54 Å². The standard InChI is InChI=1S/C17H20BrN3OS.2ClH/c18-14-3-1-13(2-4-14)16-6-5-15(23-16)12-20-7-9-21(10-8-20)17(22)11-19;;/h1-6H,7-12,19H2;2*1H. The van der Waals surface area contributed by atoms with Crippen molar-refractivity contribution in [3.05, 3.63) is 45.7 Å². The number of halogens is 3. The lowest BCUT2D eigenvalue weighted by Crippen LogP contribution is -2.49. The Bertz CT molecular complexity index is 673. The maximum atomic E-state index is 11.6. The van der Waals surface area contributed by atoms with Gasteiger partial charge in [-0.3, -0.25) is 9.69 Å². The fraction of sp³-hybridized carbons (Fsp3) is 0.353. The Labute approximate surface area is 173 Å². The van der Waals surface area contributed by atoms with Gasteiger partial charge >= 0.3 is 0 Å².